The Morgan fingerprint density at radius 1 is 1.19 bits per heavy atom. The van der Waals surface area contributed by atoms with Crippen molar-refractivity contribution in [3.63, 3.8) is 0 Å². The second-order valence-electron chi connectivity index (χ2n) is 7.49. The van der Waals surface area contributed by atoms with Crippen LogP contribution in [-0.2, 0) is 20.7 Å². The van der Waals surface area contributed by atoms with Gasteiger partial charge in [0.25, 0.3) is 0 Å². The molecule has 0 N–H and O–H groups in total. The number of allylic oxidation sites excluding steroid dienone is 1. The van der Waals surface area contributed by atoms with Gasteiger partial charge in [-0.05, 0) is 57.4 Å². The van der Waals surface area contributed by atoms with Gasteiger partial charge in [-0.25, -0.2) is 9.59 Å². The molecule has 1 aromatic heterocycles. The molecule has 8 heteroatoms. The molecule has 1 aromatic carbocycles. The molecule has 0 saturated carbocycles. The third-order valence-corrected chi connectivity index (χ3v) is 5.08. The maximum atomic E-state index is 12.7. The number of benzene rings is 1. The molecular weight excluding hydrogens is 398 g/mol. The van der Waals surface area contributed by atoms with Crippen LogP contribution < -0.4 is 4.74 Å². The van der Waals surface area contributed by atoms with E-state index in [9.17, 15) is 9.59 Å². The van der Waals surface area contributed by atoms with E-state index in [4.69, 9.17) is 14.2 Å². The lowest BCUT2D eigenvalue weighted by molar-refractivity contribution is -0.147. The highest BCUT2D eigenvalue weighted by atomic mass is 16.7. The first-order chi connectivity index (χ1) is 14.9. The van der Waals surface area contributed by atoms with Crippen molar-refractivity contribution >= 4 is 23.0 Å². The van der Waals surface area contributed by atoms with Crippen LogP contribution in [0.25, 0.3) is 10.9 Å². The number of hydrogen-bond donors (Lipinski definition) is 0. The molecule has 8 nitrogen and oxygen atoms in total. The molecule has 0 aliphatic carbocycles. The molecule has 0 fully saturated rings. The van der Waals surface area contributed by atoms with E-state index < -0.39 is 18.9 Å². The molecule has 0 amide bonds. The summed E-state index contributed by atoms with van der Waals surface area (Å²) < 4.78 is 17.1. The minimum absolute atomic E-state index is 0.451. The quantitative estimate of drug-likeness (QED) is 0.472. The predicted molar refractivity (Wildman–Crippen MR) is 118 cm³/mol. The number of rotatable bonds is 8. The van der Waals surface area contributed by atoms with Gasteiger partial charge in [-0.15, -0.1) is 0 Å². The fourth-order valence-electron chi connectivity index (χ4n) is 3.34. The van der Waals surface area contributed by atoms with Crippen molar-refractivity contribution in [3.8, 4) is 5.75 Å². The molecule has 0 unspecified atom stereocenters. The Bertz CT molecular complexity index is 1010. The zero-order valence-corrected chi connectivity index (χ0v) is 18.5. The summed E-state index contributed by atoms with van der Waals surface area (Å²) in [5.74, 6) is 0.221. The van der Waals surface area contributed by atoms with Gasteiger partial charge >= 0.3 is 12.1 Å². The van der Waals surface area contributed by atoms with Gasteiger partial charge in [0.2, 0.25) is 6.79 Å². The standard InChI is InChI=1S/C23H29N3O5/c1-5-25-11-6-7-18(14-25)22(27)30-16-31-23(28)26-15-17(10-12-24(2)3)20-13-19(29-4)8-9-21(20)26/h6,8-9,11,13-15H,5,7,10,12,16H2,1-4H3. The van der Waals surface area contributed by atoms with Crippen molar-refractivity contribution < 1.29 is 23.8 Å². The van der Waals surface area contributed by atoms with Crippen LogP contribution in [0.4, 0.5) is 4.79 Å². The molecular formula is C23H29N3O5. The molecule has 0 bridgehead atoms. The highest BCUT2D eigenvalue weighted by Crippen LogP contribution is 2.27. The Labute approximate surface area is 182 Å². The van der Waals surface area contributed by atoms with Crippen molar-refractivity contribution in [3.05, 3.63) is 54.0 Å². The third-order valence-electron chi connectivity index (χ3n) is 5.08. The number of methoxy groups -OCH3 is 1. The summed E-state index contributed by atoms with van der Waals surface area (Å²) in [6.07, 6.45) is 7.97. The van der Waals surface area contributed by atoms with Crippen LogP contribution in [0.2, 0.25) is 0 Å². The van der Waals surface area contributed by atoms with Crippen molar-refractivity contribution in [1.29, 1.82) is 0 Å². The summed E-state index contributed by atoms with van der Waals surface area (Å²) in [5.41, 5.74) is 2.24. The second-order valence-corrected chi connectivity index (χ2v) is 7.49. The largest absolute Gasteiger partial charge is 0.497 e. The predicted octanol–water partition coefficient (Wildman–Crippen LogP) is 3.36. The Kier molecular flexibility index (Phi) is 7.36. The molecule has 1 aliphatic rings. The molecule has 0 saturated heterocycles. The third kappa shape index (κ3) is 5.46. The van der Waals surface area contributed by atoms with Crippen LogP contribution >= 0.6 is 0 Å². The van der Waals surface area contributed by atoms with Crippen LogP contribution in [-0.4, -0.2) is 67.5 Å². The fourth-order valence-corrected chi connectivity index (χ4v) is 3.34. The lowest BCUT2D eigenvalue weighted by atomic mass is 10.1. The van der Waals surface area contributed by atoms with Gasteiger partial charge in [0.15, 0.2) is 0 Å². The van der Waals surface area contributed by atoms with Crippen LogP contribution in [0.5, 0.6) is 5.75 Å². The van der Waals surface area contributed by atoms with Crippen LogP contribution in [0.1, 0.15) is 18.9 Å². The average molecular weight is 428 g/mol. The van der Waals surface area contributed by atoms with Gasteiger partial charge in [-0.3, -0.25) is 4.57 Å². The molecule has 166 valence electrons. The van der Waals surface area contributed by atoms with Gasteiger partial charge in [0, 0.05) is 37.3 Å². The summed E-state index contributed by atoms with van der Waals surface area (Å²) in [7, 11) is 5.61. The van der Waals surface area contributed by atoms with Crippen molar-refractivity contribution in [1.82, 2.24) is 14.4 Å². The number of likely N-dealkylation sites (N-methyl/N-ethyl adjacent to an activating group) is 1. The number of carbonyl (C=O) groups excluding carboxylic acids is 2. The van der Waals surface area contributed by atoms with Crippen LogP contribution in [0.15, 0.2) is 48.4 Å². The summed E-state index contributed by atoms with van der Waals surface area (Å²) in [5, 5.41) is 0.925. The van der Waals surface area contributed by atoms with E-state index in [1.807, 2.05) is 50.3 Å². The van der Waals surface area contributed by atoms with Gasteiger partial charge < -0.3 is 24.0 Å². The number of esters is 1. The zero-order chi connectivity index (χ0) is 22.4. The number of aromatic nitrogens is 1. The maximum Gasteiger partial charge on any atom is 0.421 e. The molecule has 2 aromatic rings. The average Bonchev–Trinajstić information content (AvgIpc) is 3.15. The molecule has 0 spiro atoms. The van der Waals surface area contributed by atoms with Gasteiger partial charge in [0.05, 0.1) is 18.2 Å². The molecule has 31 heavy (non-hydrogen) atoms. The smallest absolute Gasteiger partial charge is 0.421 e. The van der Waals surface area contributed by atoms with Crippen molar-refractivity contribution in [2.75, 3.05) is 41.1 Å². The van der Waals surface area contributed by atoms with Gasteiger partial charge in [-0.2, -0.15) is 0 Å². The summed E-state index contributed by atoms with van der Waals surface area (Å²) in [4.78, 5) is 28.9. The number of fused-ring (bicyclic) bond motifs is 1. The lowest BCUT2D eigenvalue weighted by Crippen LogP contribution is -2.20. The van der Waals surface area contributed by atoms with Gasteiger partial charge in [-0.1, -0.05) is 6.08 Å². The van der Waals surface area contributed by atoms with Gasteiger partial charge in [0.1, 0.15) is 5.75 Å². The Morgan fingerprint density at radius 3 is 2.71 bits per heavy atom. The first kappa shape index (κ1) is 22.4. The Balaban J connectivity index is 1.69. The highest BCUT2D eigenvalue weighted by Gasteiger charge is 2.18. The Morgan fingerprint density at radius 2 is 2.00 bits per heavy atom. The number of nitrogens with zero attached hydrogens (tertiary/aromatic N) is 3. The second kappa shape index (κ2) is 10.2. The van der Waals surface area contributed by atoms with Crippen LogP contribution in [0.3, 0.4) is 0 Å². The topological polar surface area (TPSA) is 73.2 Å². The molecule has 1 aliphatic heterocycles. The van der Waals surface area contributed by atoms with E-state index in [2.05, 4.69) is 4.90 Å². The summed E-state index contributed by atoms with van der Waals surface area (Å²) >= 11 is 0. The van der Waals surface area contributed by atoms with Crippen molar-refractivity contribution in [2.45, 2.75) is 19.8 Å². The van der Waals surface area contributed by atoms with E-state index >= 15 is 0 Å². The molecule has 2 heterocycles. The number of hydrogen-bond acceptors (Lipinski definition) is 7. The van der Waals surface area contributed by atoms with E-state index in [0.717, 1.165) is 36.2 Å². The van der Waals surface area contributed by atoms with E-state index in [0.29, 0.717) is 17.5 Å². The lowest BCUT2D eigenvalue weighted by Gasteiger charge is -2.18. The summed E-state index contributed by atoms with van der Waals surface area (Å²) in [6.45, 7) is 3.12. The van der Waals surface area contributed by atoms with E-state index in [1.165, 1.54) is 4.57 Å². The SMILES string of the molecule is CCN1C=CCC(C(=O)OCOC(=O)n2cc(CCN(C)C)c3cc(OC)ccc32)=C1. The first-order valence-corrected chi connectivity index (χ1v) is 10.2. The van der Waals surface area contributed by atoms with Crippen LogP contribution in [0, 0.1) is 0 Å². The Hall–Kier alpha value is -3.26. The molecule has 3 rings (SSSR count). The number of ether oxygens (including phenoxy) is 3. The number of carbonyl (C=O) groups is 2. The fraction of sp³-hybridized carbons (Fsp3) is 0.391. The highest BCUT2D eigenvalue weighted by molar-refractivity contribution is 5.93. The van der Waals surface area contributed by atoms with E-state index in [1.54, 1.807) is 25.6 Å². The summed E-state index contributed by atoms with van der Waals surface area (Å²) in [6, 6.07) is 5.52. The minimum Gasteiger partial charge on any atom is -0.497 e. The normalized spacial score (nSPS) is 13.5. The maximum absolute atomic E-state index is 12.7. The van der Waals surface area contributed by atoms with E-state index in [-0.39, 0.29) is 0 Å². The molecule has 0 atom stereocenters. The van der Waals surface area contributed by atoms with Crippen molar-refractivity contribution in [2.24, 2.45) is 0 Å². The zero-order valence-electron chi connectivity index (χ0n) is 18.5. The first-order valence-electron chi connectivity index (χ1n) is 10.2. The minimum atomic E-state index is -0.605. The molecule has 0 radical (unpaired) electrons. The monoisotopic (exact) mass is 427 g/mol.